The Bertz CT molecular complexity index is 708. The van der Waals surface area contributed by atoms with E-state index in [4.69, 9.17) is 18.9 Å². The van der Waals surface area contributed by atoms with Gasteiger partial charge < -0.3 is 18.9 Å². The third kappa shape index (κ3) is 7.10. The topological polar surface area (TPSA) is 43.5 Å². The Labute approximate surface area is 182 Å². The van der Waals surface area contributed by atoms with Crippen LogP contribution in [-0.2, 0) is 18.9 Å². The zero-order chi connectivity index (χ0) is 21.6. The van der Waals surface area contributed by atoms with Gasteiger partial charge in [0.15, 0.2) is 0 Å². The van der Waals surface area contributed by atoms with Crippen molar-refractivity contribution < 1.29 is 18.9 Å². The highest BCUT2D eigenvalue weighted by Crippen LogP contribution is 2.45. The molecule has 3 fully saturated rings. The lowest BCUT2D eigenvalue weighted by molar-refractivity contribution is -0.114. The molecule has 6 atom stereocenters. The van der Waals surface area contributed by atoms with Crippen LogP contribution in [-0.4, -0.2) is 50.8 Å². The second-order valence-corrected chi connectivity index (χ2v) is 9.59. The van der Waals surface area contributed by atoms with Gasteiger partial charge in [-0.2, -0.15) is 0 Å². The van der Waals surface area contributed by atoms with Crippen LogP contribution in [0.2, 0.25) is 0 Å². The second kappa shape index (κ2) is 10.8. The number of hydrogen-bond acceptors (Lipinski definition) is 4. The third-order valence-corrected chi connectivity index (χ3v) is 6.12. The van der Waals surface area contributed by atoms with Crippen LogP contribution in [0, 0.1) is 17.3 Å². The van der Waals surface area contributed by atoms with Crippen LogP contribution >= 0.6 is 0 Å². The maximum absolute atomic E-state index is 6.44. The summed E-state index contributed by atoms with van der Waals surface area (Å²) >= 11 is 0. The molecule has 3 rings (SSSR count). The number of epoxide rings is 2. The molecule has 2 aliphatic heterocycles. The minimum absolute atomic E-state index is 0.133. The van der Waals surface area contributed by atoms with Gasteiger partial charge in [0.05, 0.1) is 38.6 Å². The van der Waals surface area contributed by atoms with E-state index in [1.54, 1.807) is 0 Å². The van der Waals surface area contributed by atoms with Crippen molar-refractivity contribution in [1.82, 2.24) is 0 Å². The predicted molar refractivity (Wildman–Crippen MR) is 119 cm³/mol. The molecule has 166 valence electrons. The van der Waals surface area contributed by atoms with E-state index < -0.39 is 0 Å². The quantitative estimate of drug-likeness (QED) is 0.302. The lowest BCUT2D eigenvalue weighted by atomic mass is 9.65. The molecule has 0 aromatic rings. The Hall–Kier alpha value is -1.38. The van der Waals surface area contributed by atoms with Crippen molar-refractivity contribution in [3.63, 3.8) is 0 Å². The molecule has 3 aliphatic rings. The molecule has 4 nitrogen and oxygen atoms in total. The van der Waals surface area contributed by atoms with E-state index in [9.17, 15) is 0 Å². The average Bonchev–Trinajstić information content (AvgIpc) is 3.61. The summed E-state index contributed by atoms with van der Waals surface area (Å²) in [5.74, 6) is 0.662. The number of hydrogen-bond donors (Lipinski definition) is 0. The van der Waals surface area contributed by atoms with Crippen molar-refractivity contribution >= 4 is 0 Å². The Morgan fingerprint density at radius 1 is 0.967 bits per heavy atom. The summed E-state index contributed by atoms with van der Waals surface area (Å²) < 4.78 is 23.7. The van der Waals surface area contributed by atoms with E-state index in [0.29, 0.717) is 19.1 Å². The highest BCUT2D eigenvalue weighted by Gasteiger charge is 2.45. The van der Waals surface area contributed by atoms with Crippen LogP contribution in [0.3, 0.4) is 0 Å². The number of ether oxygens (including phenoxy) is 4. The molecule has 4 heteroatoms. The van der Waals surface area contributed by atoms with Gasteiger partial charge in [0, 0.05) is 5.92 Å². The largest absolute Gasteiger partial charge is 0.375 e. The highest BCUT2D eigenvalue weighted by molar-refractivity contribution is 5.25. The van der Waals surface area contributed by atoms with E-state index in [-0.39, 0.29) is 35.7 Å². The van der Waals surface area contributed by atoms with Crippen molar-refractivity contribution in [1.29, 1.82) is 0 Å². The molecule has 0 aromatic heterocycles. The lowest BCUT2D eigenvalue weighted by Crippen LogP contribution is -2.47. The van der Waals surface area contributed by atoms with Crippen molar-refractivity contribution in [3.8, 4) is 0 Å². The van der Waals surface area contributed by atoms with Crippen molar-refractivity contribution in [3.05, 3.63) is 47.4 Å². The third-order valence-electron chi connectivity index (χ3n) is 6.12. The van der Waals surface area contributed by atoms with Gasteiger partial charge in [0.1, 0.15) is 12.2 Å². The van der Waals surface area contributed by atoms with E-state index >= 15 is 0 Å². The molecule has 2 saturated heterocycles. The minimum atomic E-state index is 0.133. The number of allylic oxidation sites excluding steroid dienone is 3. The minimum Gasteiger partial charge on any atom is -0.375 e. The van der Waals surface area contributed by atoms with E-state index in [1.165, 1.54) is 0 Å². The molecule has 1 saturated carbocycles. The molecule has 0 N–H and O–H groups in total. The maximum Gasteiger partial charge on any atom is 0.104 e. The summed E-state index contributed by atoms with van der Waals surface area (Å²) in [6.07, 6.45) is 12.8. The summed E-state index contributed by atoms with van der Waals surface area (Å²) in [5, 5.41) is 0. The first-order chi connectivity index (χ1) is 14.4. The lowest BCUT2D eigenvalue weighted by Gasteiger charge is -2.46. The predicted octanol–water partition coefficient (Wildman–Crippen LogP) is 5.02. The standard InChI is InChI=1S/C26H38O4/c1-6-8-9-10-12-19(11-7-2)22-13-25(30-18-21-16-28-21)23(26(3,4)5)14-24(22)29-17-20-15-27-20/h6-7,9-11,20-25H,13-18H2,1-5H3/b11-7+. The van der Waals surface area contributed by atoms with Crippen molar-refractivity contribution in [2.75, 3.05) is 26.4 Å². The smallest absolute Gasteiger partial charge is 0.104 e. The fourth-order valence-electron chi connectivity index (χ4n) is 4.27. The first-order valence-corrected chi connectivity index (χ1v) is 11.3. The summed E-state index contributed by atoms with van der Waals surface area (Å²) in [6.45, 7) is 14.0. The number of rotatable bonds is 9. The Morgan fingerprint density at radius 3 is 2.13 bits per heavy atom. The van der Waals surface area contributed by atoms with Crippen LogP contribution < -0.4 is 0 Å². The fraction of sp³-hybridized carbons (Fsp3) is 0.692. The second-order valence-electron chi connectivity index (χ2n) is 9.59. The van der Waals surface area contributed by atoms with Gasteiger partial charge in [0.2, 0.25) is 0 Å². The van der Waals surface area contributed by atoms with Crippen LogP contribution in [0.15, 0.2) is 47.4 Å². The van der Waals surface area contributed by atoms with Crippen LogP contribution in [0.25, 0.3) is 0 Å². The Balaban J connectivity index is 1.85. The monoisotopic (exact) mass is 414 g/mol. The van der Waals surface area contributed by atoms with Gasteiger partial charge in [0.25, 0.3) is 0 Å². The van der Waals surface area contributed by atoms with Gasteiger partial charge >= 0.3 is 0 Å². The zero-order valence-corrected chi connectivity index (χ0v) is 19.2. The molecule has 0 spiro atoms. The van der Waals surface area contributed by atoms with Crippen LogP contribution in [0.1, 0.15) is 47.5 Å². The van der Waals surface area contributed by atoms with E-state index in [2.05, 4.69) is 51.3 Å². The highest BCUT2D eigenvalue weighted by atomic mass is 16.6. The van der Waals surface area contributed by atoms with E-state index in [0.717, 1.165) is 31.6 Å². The molecule has 1 aliphatic carbocycles. The molecule has 0 radical (unpaired) electrons. The fourth-order valence-corrected chi connectivity index (χ4v) is 4.27. The van der Waals surface area contributed by atoms with Crippen LogP contribution in [0.5, 0.6) is 0 Å². The van der Waals surface area contributed by atoms with Gasteiger partial charge in [-0.25, -0.2) is 0 Å². The molecule has 0 bridgehead atoms. The Morgan fingerprint density at radius 2 is 1.60 bits per heavy atom. The van der Waals surface area contributed by atoms with Crippen LogP contribution in [0.4, 0.5) is 0 Å². The molecule has 0 amide bonds. The summed E-state index contributed by atoms with van der Waals surface area (Å²) in [5.41, 5.74) is 7.89. The SMILES string of the molecule is CC=C=CC=C=C(/C=C/C)C1CC(OCC2CO2)C(C(C)(C)C)CC1OCC1CO1. The molecular formula is C26H38O4. The molecule has 30 heavy (non-hydrogen) atoms. The normalized spacial score (nSPS) is 32.8. The van der Waals surface area contributed by atoms with Gasteiger partial charge in [-0.1, -0.05) is 32.9 Å². The first-order valence-electron chi connectivity index (χ1n) is 11.3. The van der Waals surface area contributed by atoms with E-state index in [1.807, 2.05) is 25.2 Å². The Kier molecular flexibility index (Phi) is 8.36. The maximum atomic E-state index is 6.44. The van der Waals surface area contributed by atoms with Crippen molar-refractivity contribution in [2.24, 2.45) is 17.3 Å². The summed E-state index contributed by atoms with van der Waals surface area (Å²) in [7, 11) is 0. The van der Waals surface area contributed by atoms with Crippen molar-refractivity contribution in [2.45, 2.75) is 71.9 Å². The van der Waals surface area contributed by atoms with Gasteiger partial charge in [-0.15, -0.1) is 11.5 Å². The summed E-state index contributed by atoms with van der Waals surface area (Å²) in [4.78, 5) is 0. The molecule has 2 heterocycles. The summed E-state index contributed by atoms with van der Waals surface area (Å²) in [6, 6.07) is 0. The molecule has 6 unspecified atom stereocenters. The van der Waals surface area contributed by atoms with Gasteiger partial charge in [-0.05, 0) is 61.8 Å². The molecule has 0 aromatic carbocycles. The zero-order valence-electron chi connectivity index (χ0n) is 19.2. The van der Waals surface area contributed by atoms with Gasteiger partial charge in [-0.3, -0.25) is 0 Å². The first kappa shape index (κ1) is 23.3. The molecular weight excluding hydrogens is 376 g/mol. The average molecular weight is 415 g/mol.